The molecule has 0 fully saturated rings. The molecule has 0 aliphatic rings. The minimum atomic E-state index is 0.915. The maximum atomic E-state index is 6.32. The van der Waals surface area contributed by atoms with Gasteiger partial charge in [-0.25, -0.2) is 0 Å². The topological polar surface area (TPSA) is 31.0 Å². The average molecular weight is 334 g/mol. The van der Waals surface area contributed by atoms with Gasteiger partial charge in [-0.3, -0.25) is 4.98 Å². The van der Waals surface area contributed by atoms with Crippen molar-refractivity contribution in [2.45, 2.75) is 0 Å². The highest BCUT2D eigenvalue weighted by atomic mass is 16.3. The smallest absolute Gasteiger partial charge is 0.160 e. The summed E-state index contributed by atoms with van der Waals surface area (Å²) in [5.74, 6) is 0. The number of nitrogens with zero attached hydrogens (tertiary/aromatic N) is 2. The number of para-hydroxylation sites is 2. The summed E-state index contributed by atoms with van der Waals surface area (Å²) in [6.07, 6.45) is 3.70. The largest absolute Gasteiger partial charge is 0.454 e. The molecule has 0 saturated heterocycles. The molecule has 3 heteroatoms. The molecule has 0 spiro atoms. The van der Waals surface area contributed by atoms with Gasteiger partial charge in [0.2, 0.25) is 0 Å². The van der Waals surface area contributed by atoms with E-state index in [0.717, 1.165) is 38.7 Å². The molecule has 6 rings (SSSR count). The second kappa shape index (κ2) is 4.96. The Labute approximate surface area is 149 Å². The first-order valence-electron chi connectivity index (χ1n) is 8.65. The minimum absolute atomic E-state index is 0.915. The first kappa shape index (κ1) is 13.7. The zero-order chi connectivity index (χ0) is 17.1. The second-order valence-corrected chi connectivity index (χ2v) is 6.50. The molecule has 0 radical (unpaired) electrons. The third-order valence-corrected chi connectivity index (χ3v) is 5.08. The Kier molecular flexibility index (Phi) is 2.61. The molecule has 3 aromatic heterocycles. The Bertz CT molecular complexity index is 1420. The van der Waals surface area contributed by atoms with Crippen molar-refractivity contribution in [3.05, 3.63) is 85.2 Å². The van der Waals surface area contributed by atoms with E-state index >= 15 is 0 Å². The van der Waals surface area contributed by atoms with E-state index in [9.17, 15) is 0 Å². The highest BCUT2D eigenvalue weighted by molar-refractivity contribution is 6.21. The third kappa shape index (κ3) is 1.69. The van der Waals surface area contributed by atoms with Crippen molar-refractivity contribution in [2.24, 2.45) is 0 Å². The molecule has 0 aliphatic carbocycles. The van der Waals surface area contributed by atoms with Gasteiger partial charge in [0.25, 0.3) is 0 Å². The SMILES string of the molecule is c1cncc(-n2c3ccccc3c3ccc4c5ccccc5oc4c32)c1. The van der Waals surface area contributed by atoms with Gasteiger partial charge in [-0.05, 0) is 30.3 Å². The molecular weight excluding hydrogens is 320 g/mol. The fourth-order valence-electron chi connectivity index (χ4n) is 3.99. The number of fused-ring (bicyclic) bond motifs is 7. The summed E-state index contributed by atoms with van der Waals surface area (Å²) >= 11 is 0. The molecule has 0 amide bonds. The number of hydrogen-bond acceptors (Lipinski definition) is 2. The van der Waals surface area contributed by atoms with Crippen LogP contribution in [0.3, 0.4) is 0 Å². The van der Waals surface area contributed by atoms with Gasteiger partial charge >= 0.3 is 0 Å². The van der Waals surface area contributed by atoms with Crippen LogP contribution < -0.4 is 0 Å². The predicted octanol–water partition coefficient (Wildman–Crippen LogP) is 6.08. The number of furan rings is 1. The van der Waals surface area contributed by atoms with Crippen LogP contribution in [0.15, 0.2) is 89.6 Å². The summed E-state index contributed by atoms with van der Waals surface area (Å²) in [6.45, 7) is 0. The van der Waals surface area contributed by atoms with Crippen LogP contribution >= 0.6 is 0 Å². The van der Waals surface area contributed by atoms with E-state index in [-0.39, 0.29) is 0 Å². The van der Waals surface area contributed by atoms with Crippen molar-refractivity contribution < 1.29 is 4.42 Å². The number of aromatic nitrogens is 2. The molecule has 3 heterocycles. The van der Waals surface area contributed by atoms with E-state index in [0.29, 0.717) is 0 Å². The van der Waals surface area contributed by atoms with E-state index in [2.05, 4.69) is 64.1 Å². The van der Waals surface area contributed by atoms with Crippen molar-refractivity contribution >= 4 is 43.7 Å². The van der Waals surface area contributed by atoms with Crippen molar-refractivity contribution in [1.82, 2.24) is 9.55 Å². The maximum absolute atomic E-state index is 6.32. The lowest BCUT2D eigenvalue weighted by molar-refractivity contribution is 0.671. The Morgan fingerprint density at radius 1 is 0.692 bits per heavy atom. The number of rotatable bonds is 1. The molecule has 0 unspecified atom stereocenters. The molecular formula is C23H14N2O. The number of benzene rings is 3. The Morgan fingerprint density at radius 3 is 2.38 bits per heavy atom. The highest BCUT2D eigenvalue weighted by Gasteiger charge is 2.18. The van der Waals surface area contributed by atoms with E-state index in [4.69, 9.17) is 4.42 Å². The summed E-state index contributed by atoms with van der Waals surface area (Å²) in [5, 5.41) is 4.69. The average Bonchev–Trinajstić information content (AvgIpc) is 3.24. The van der Waals surface area contributed by atoms with Crippen LogP contribution in [0.25, 0.3) is 49.4 Å². The van der Waals surface area contributed by atoms with E-state index in [1.807, 2.05) is 24.4 Å². The lowest BCUT2D eigenvalue weighted by Gasteiger charge is -2.06. The number of hydrogen-bond donors (Lipinski definition) is 0. The molecule has 3 aromatic carbocycles. The standard InChI is InChI=1S/C23H14N2O/c1-3-9-20-16(7-1)18-11-12-19-17-8-2-4-10-21(17)26-23(19)22(18)25(20)15-6-5-13-24-14-15/h1-14H. The van der Waals surface area contributed by atoms with Crippen molar-refractivity contribution in [3.63, 3.8) is 0 Å². The van der Waals surface area contributed by atoms with Crippen LogP contribution in [0.4, 0.5) is 0 Å². The molecule has 122 valence electrons. The Balaban J connectivity index is 1.92. The molecule has 6 aromatic rings. The maximum Gasteiger partial charge on any atom is 0.160 e. The van der Waals surface area contributed by atoms with Crippen molar-refractivity contribution in [3.8, 4) is 5.69 Å². The minimum Gasteiger partial charge on any atom is -0.454 e. The lowest BCUT2D eigenvalue weighted by atomic mass is 10.1. The van der Waals surface area contributed by atoms with E-state index < -0.39 is 0 Å². The van der Waals surface area contributed by atoms with Crippen LogP contribution in [0.1, 0.15) is 0 Å². The molecule has 3 nitrogen and oxygen atoms in total. The van der Waals surface area contributed by atoms with Gasteiger partial charge in [0.05, 0.1) is 22.9 Å². The summed E-state index contributed by atoms with van der Waals surface area (Å²) < 4.78 is 8.57. The molecule has 0 N–H and O–H groups in total. The normalized spacial score (nSPS) is 11.8. The van der Waals surface area contributed by atoms with Crippen molar-refractivity contribution in [2.75, 3.05) is 0 Å². The van der Waals surface area contributed by atoms with Crippen molar-refractivity contribution in [1.29, 1.82) is 0 Å². The van der Waals surface area contributed by atoms with Gasteiger partial charge in [-0.15, -0.1) is 0 Å². The molecule has 0 atom stereocenters. The molecule has 0 bridgehead atoms. The van der Waals surface area contributed by atoms with E-state index in [1.165, 1.54) is 10.8 Å². The fourth-order valence-corrected chi connectivity index (χ4v) is 3.99. The quantitative estimate of drug-likeness (QED) is 0.365. The van der Waals surface area contributed by atoms with Crippen LogP contribution in [0, 0.1) is 0 Å². The zero-order valence-corrected chi connectivity index (χ0v) is 13.9. The van der Waals surface area contributed by atoms with Gasteiger partial charge in [0.15, 0.2) is 5.58 Å². The summed E-state index contributed by atoms with van der Waals surface area (Å²) in [5.41, 5.74) is 5.12. The Morgan fingerprint density at radius 2 is 1.50 bits per heavy atom. The van der Waals surface area contributed by atoms with Gasteiger partial charge < -0.3 is 8.98 Å². The summed E-state index contributed by atoms with van der Waals surface area (Å²) in [6, 6.07) is 25.1. The van der Waals surface area contributed by atoms with Crippen LogP contribution in [0.2, 0.25) is 0 Å². The monoisotopic (exact) mass is 334 g/mol. The predicted molar refractivity (Wildman–Crippen MR) is 106 cm³/mol. The summed E-state index contributed by atoms with van der Waals surface area (Å²) in [4.78, 5) is 4.33. The van der Waals surface area contributed by atoms with Gasteiger partial charge in [0.1, 0.15) is 5.58 Å². The first-order valence-corrected chi connectivity index (χ1v) is 8.65. The van der Waals surface area contributed by atoms with Crippen LogP contribution in [-0.2, 0) is 0 Å². The van der Waals surface area contributed by atoms with Gasteiger partial charge in [0, 0.05) is 27.7 Å². The van der Waals surface area contributed by atoms with Crippen LogP contribution in [0.5, 0.6) is 0 Å². The van der Waals surface area contributed by atoms with E-state index in [1.54, 1.807) is 6.20 Å². The molecule has 0 saturated carbocycles. The van der Waals surface area contributed by atoms with Crippen LogP contribution in [-0.4, -0.2) is 9.55 Å². The summed E-state index contributed by atoms with van der Waals surface area (Å²) in [7, 11) is 0. The zero-order valence-electron chi connectivity index (χ0n) is 13.9. The second-order valence-electron chi connectivity index (χ2n) is 6.50. The van der Waals surface area contributed by atoms with Gasteiger partial charge in [-0.2, -0.15) is 0 Å². The number of pyridine rings is 1. The van der Waals surface area contributed by atoms with Gasteiger partial charge in [-0.1, -0.05) is 42.5 Å². The Hall–Kier alpha value is -3.59. The fraction of sp³-hybridized carbons (Fsp3) is 0. The highest BCUT2D eigenvalue weighted by Crippen LogP contribution is 2.39. The first-order chi connectivity index (χ1) is 12.9. The molecule has 26 heavy (non-hydrogen) atoms. The molecule has 0 aliphatic heterocycles. The third-order valence-electron chi connectivity index (χ3n) is 5.08. The lowest BCUT2D eigenvalue weighted by Crippen LogP contribution is -1.94.